The molecule has 2 saturated carbocycles. The third-order valence-corrected chi connectivity index (χ3v) is 11.7. The Hall–Kier alpha value is -3.38. The van der Waals surface area contributed by atoms with Gasteiger partial charge in [0.25, 0.3) is 0 Å². The van der Waals surface area contributed by atoms with Crippen molar-refractivity contribution in [3.05, 3.63) is 77.1 Å². The molecule has 2 fully saturated rings. The molecule has 14 nitrogen and oxygen atoms in total. The first-order valence-electron chi connectivity index (χ1n) is 17.4. The number of carbonyl (C=O) groups is 1. The number of hydrogen-bond acceptors (Lipinski definition) is 11. The van der Waals surface area contributed by atoms with Crippen LogP contribution in [0.4, 0.5) is 4.79 Å². The van der Waals surface area contributed by atoms with Crippen LogP contribution in [0.2, 0.25) is 5.02 Å². The van der Waals surface area contributed by atoms with Gasteiger partial charge in [-0.15, -0.1) is 0 Å². The van der Waals surface area contributed by atoms with E-state index in [4.69, 9.17) is 21.4 Å². The van der Waals surface area contributed by atoms with Crippen LogP contribution in [0.1, 0.15) is 49.7 Å². The number of ether oxygens (including phenoxy) is 1. The monoisotopic (exact) mass is 761 g/mol. The fraction of sp³-hybridized carbons (Fsp3) is 0.500. The fourth-order valence-corrected chi connectivity index (χ4v) is 7.38. The van der Waals surface area contributed by atoms with Gasteiger partial charge in [-0.3, -0.25) is 4.98 Å². The van der Waals surface area contributed by atoms with Gasteiger partial charge < -0.3 is 46.2 Å². The summed E-state index contributed by atoms with van der Waals surface area (Å²) in [4.78, 5) is 16.8. The van der Waals surface area contributed by atoms with Gasteiger partial charge in [0, 0.05) is 55.2 Å². The van der Waals surface area contributed by atoms with Crippen LogP contribution in [-0.2, 0) is 22.1 Å². The van der Waals surface area contributed by atoms with E-state index in [-0.39, 0.29) is 29.6 Å². The number of aromatic nitrogens is 1. The highest BCUT2D eigenvalue weighted by Gasteiger charge is 2.46. The number of nitrogens with one attached hydrogen (secondary N) is 3. The van der Waals surface area contributed by atoms with Crippen LogP contribution < -0.4 is 20.7 Å². The molecular weight excluding hydrogens is 714 g/mol. The average Bonchev–Trinajstić information content (AvgIpc) is 4.10. The van der Waals surface area contributed by atoms with E-state index in [1.165, 1.54) is 17.4 Å². The normalized spacial score (nSPS) is 17.6. The van der Waals surface area contributed by atoms with Crippen LogP contribution in [0.25, 0.3) is 11.1 Å². The largest absolute Gasteiger partial charge is 0.490 e. The Balaban J connectivity index is 1.15. The summed E-state index contributed by atoms with van der Waals surface area (Å²) in [6.07, 6.45) is 3.46. The molecule has 2 aliphatic rings. The third-order valence-electron chi connectivity index (χ3n) is 9.47. The lowest BCUT2D eigenvalue weighted by molar-refractivity contribution is -0.0902. The van der Waals surface area contributed by atoms with Crippen molar-refractivity contribution >= 4 is 27.7 Å². The predicted octanol–water partition coefficient (Wildman–Crippen LogP) is 1.86. The van der Waals surface area contributed by atoms with E-state index in [9.17, 15) is 33.6 Å². The number of carbonyl (C=O) groups excluding carboxylic acids is 1. The van der Waals surface area contributed by atoms with Crippen LogP contribution in [0.5, 0.6) is 5.75 Å². The van der Waals surface area contributed by atoms with Crippen molar-refractivity contribution in [2.45, 2.75) is 86.0 Å². The number of unbranched alkanes of at least 4 members (excludes halogenated alkanes) is 1. The maximum atomic E-state index is 13.5. The Morgan fingerprint density at radius 3 is 2.48 bits per heavy atom. The summed E-state index contributed by atoms with van der Waals surface area (Å²) in [5.41, 5.74) is 3.40. The molecule has 4 unspecified atom stereocenters. The molecule has 5 rings (SSSR count). The van der Waals surface area contributed by atoms with E-state index >= 15 is 0 Å². The van der Waals surface area contributed by atoms with Gasteiger partial charge in [0.1, 0.15) is 24.1 Å². The quantitative estimate of drug-likeness (QED) is 0.0779. The number of aliphatic hydroxyl groups is 5. The van der Waals surface area contributed by atoms with E-state index in [1.807, 2.05) is 30.5 Å². The molecule has 2 amide bonds. The number of urea groups is 1. The molecule has 0 aliphatic heterocycles. The second kappa shape index (κ2) is 17.6. The Bertz CT molecular complexity index is 1780. The summed E-state index contributed by atoms with van der Waals surface area (Å²) in [6, 6.07) is 12.6. The second-order valence-corrected chi connectivity index (χ2v) is 15.8. The van der Waals surface area contributed by atoms with Gasteiger partial charge in [-0.05, 0) is 85.5 Å². The first-order chi connectivity index (χ1) is 24.9. The first-order valence-corrected chi connectivity index (χ1v) is 19.2. The maximum absolute atomic E-state index is 13.5. The maximum Gasteiger partial charge on any atom is 0.315 e. The molecule has 284 valence electrons. The summed E-state index contributed by atoms with van der Waals surface area (Å²) >= 11 is 6.58. The smallest absolute Gasteiger partial charge is 0.315 e. The van der Waals surface area contributed by atoms with Crippen LogP contribution in [0.3, 0.4) is 0 Å². The molecular formula is C36H48ClN5O9S. The number of sulfonamides is 1. The Morgan fingerprint density at radius 1 is 1.04 bits per heavy atom. The van der Waals surface area contributed by atoms with Gasteiger partial charge in [0.2, 0.25) is 10.0 Å². The Labute approximate surface area is 308 Å². The second-order valence-electron chi connectivity index (χ2n) is 13.4. The van der Waals surface area contributed by atoms with Crippen molar-refractivity contribution in [1.29, 1.82) is 0 Å². The Kier molecular flexibility index (Phi) is 13.5. The Morgan fingerprint density at radius 2 is 1.79 bits per heavy atom. The number of aliphatic hydroxyl groups excluding tert-OH is 5. The highest BCUT2D eigenvalue weighted by molar-refractivity contribution is 7.89. The number of pyridine rings is 1. The number of rotatable bonds is 20. The minimum atomic E-state index is -3.87. The molecule has 2 aromatic carbocycles. The van der Waals surface area contributed by atoms with Crippen molar-refractivity contribution in [1.82, 2.24) is 25.2 Å². The SMILES string of the molecule is CN(CCCCNC(=O)NC(CO)C(O)C(O)C(O)CO)S(=O)(=O)c1ccc(Cl)c(CNC2(c3cnccc3-c3ccccc3OC3CC3)CC2)c1. The lowest BCUT2D eigenvalue weighted by Gasteiger charge is -2.28. The molecule has 8 N–H and O–H groups in total. The van der Waals surface area contributed by atoms with Crippen LogP contribution in [-0.4, -0.2) is 113 Å². The minimum absolute atomic E-state index is 0.105. The van der Waals surface area contributed by atoms with Crippen LogP contribution in [0.15, 0.2) is 65.8 Å². The zero-order chi connectivity index (χ0) is 37.5. The van der Waals surface area contributed by atoms with Crippen molar-refractivity contribution in [3.8, 4) is 16.9 Å². The van der Waals surface area contributed by atoms with Gasteiger partial charge >= 0.3 is 6.03 Å². The number of halogens is 1. The van der Waals surface area contributed by atoms with Gasteiger partial charge in [-0.2, -0.15) is 0 Å². The zero-order valence-electron chi connectivity index (χ0n) is 29.0. The lowest BCUT2D eigenvalue weighted by atomic mass is 9.94. The minimum Gasteiger partial charge on any atom is -0.490 e. The predicted molar refractivity (Wildman–Crippen MR) is 194 cm³/mol. The fourth-order valence-electron chi connectivity index (χ4n) is 5.94. The van der Waals surface area contributed by atoms with E-state index in [0.29, 0.717) is 30.0 Å². The first kappa shape index (κ1) is 39.8. The van der Waals surface area contributed by atoms with Crippen molar-refractivity contribution in [3.63, 3.8) is 0 Å². The van der Waals surface area contributed by atoms with Crippen LogP contribution in [0, 0.1) is 0 Å². The van der Waals surface area contributed by atoms with Gasteiger partial charge in [0.15, 0.2) is 0 Å². The van der Waals surface area contributed by atoms with E-state index < -0.39 is 53.6 Å². The summed E-state index contributed by atoms with van der Waals surface area (Å²) in [5.74, 6) is 0.849. The molecule has 16 heteroatoms. The van der Waals surface area contributed by atoms with Crippen molar-refractivity contribution < 1.29 is 43.5 Å². The van der Waals surface area contributed by atoms with Crippen molar-refractivity contribution in [2.75, 3.05) is 33.4 Å². The topological polar surface area (TPSA) is 214 Å². The zero-order valence-corrected chi connectivity index (χ0v) is 30.6. The number of hydrogen-bond donors (Lipinski definition) is 8. The summed E-state index contributed by atoms with van der Waals surface area (Å²) < 4.78 is 34.5. The lowest BCUT2D eigenvalue weighted by Crippen LogP contribution is -2.56. The molecule has 0 bridgehead atoms. The number of benzene rings is 2. The molecule has 52 heavy (non-hydrogen) atoms. The number of para-hydroxylation sites is 1. The third kappa shape index (κ3) is 9.78. The highest BCUT2D eigenvalue weighted by Crippen LogP contribution is 2.50. The highest BCUT2D eigenvalue weighted by atomic mass is 35.5. The van der Waals surface area contributed by atoms with E-state index in [2.05, 4.69) is 27.0 Å². The average molecular weight is 762 g/mol. The number of amides is 2. The molecule has 0 saturated heterocycles. The molecule has 2 aliphatic carbocycles. The summed E-state index contributed by atoms with van der Waals surface area (Å²) in [5, 5.41) is 56.8. The molecule has 1 heterocycles. The number of nitrogens with zero attached hydrogens (tertiary/aromatic N) is 2. The van der Waals surface area contributed by atoms with Crippen LogP contribution >= 0.6 is 11.6 Å². The van der Waals surface area contributed by atoms with E-state index in [0.717, 1.165) is 48.1 Å². The van der Waals surface area contributed by atoms with Crippen molar-refractivity contribution in [2.24, 2.45) is 0 Å². The molecule has 0 radical (unpaired) electrons. The molecule has 1 aromatic heterocycles. The van der Waals surface area contributed by atoms with Gasteiger partial charge in [0.05, 0.1) is 30.3 Å². The standard InChI is InChI=1S/C36H48ClN5O9S/c1-42(17-5-4-15-39-35(48)41-30(21-43)33(46)34(47)31(45)22-44)52(49,50)25-10-11-29(37)23(18-25)19-40-36(13-14-36)28-20-38-16-12-26(28)27-6-2-3-7-32(27)51-24-8-9-24/h2-3,6-7,10-12,16,18,20,24,30-31,33-34,40,43-47H,4-5,8-9,13-15,17,19,21-22H2,1H3,(H2,39,41,48). The van der Waals surface area contributed by atoms with Gasteiger partial charge in [-0.25, -0.2) is 17.5 Å². The molecule has 4 atom stereocenters. The summed E-state index contributed by atoms with van der Waals surface area (Å²) in [7, 11) is -2.38. The van der Waals surface area contributed by atoms with Gasteiger partial charge in [-0.1, -0.05) is 29.8 Å². The summed E-state index contributed by atoms with van der Waals surface area (Å²) in [6.45, 7) is -0.879. The molecule has 3 aromatic rings. The molecule has 0 spiro atoms. The van der Waals surface area contributed by atoms with E-state index in [1.54, 1.807) is 18.3 Å².